The molecule has 4 unspecified atom stereocenters. The topological polar surface area (TPSA) is 0 Å². The van der Waals surface area contributed by atoms with Crippen LogP contribution in [0, 0.1) is 0 Å². The Morgan fingerprint density at radius 3 is 0.931 bits per heavy atom. The Labute approximate surface area is 177 Å². The monoisotopic (exact) mass is 463 g/mol. The molecule has 5 rings (SSSR count). The fourth-order valence-corrected chi connectivity index (χ4v) is 58.0. The average Bonchev–Trinajstić information content (AvgIpc) is 3.22. The summed E-state index contributed by atoms with van der Waals surface area (Å²) in [4.78, 5) is 0. The maximum absolute atomic E-state index is 2.39. The standard InChI is InChI=1S/C24H20P5/c1-5-13-21(14-6-1)26-25-27(22-15-7-2-8-16-22)29(24-19-11-4-12-20-24)28(26)23-17-9-3-10-18-23/h1-20H/q-1. The van der Waals surface area contributed by atoms with Crippen molar-refractivity contribution in [3.8, 4) is 21.2 Å². The van der Waals surface area contributed by atoms with Gasteiger partial charge in [0.25, 0.3) is 0 Å². The third-order valence-corrected chi connectivity index (χ3v) is 39.7. The molecular weight excluding hydrogens is 443 g/mol. The van der Waals surface area contributed by atoms with Gasteiger partial charge in [-0.15, -0.1) is 0 Å². The van der Waals surface area contributed by atoms with Gasteiger partial charge < -0.3 is 0 Å². The van der Waals surface area contributed by atoms with Gasteiger partial charge in [-0.05, 0) is 10.6 Å². The van der Waals surface area contributed by atoms with Gasteiger partial charge in [0.05, 0.1) is 0 Å². The van der Waals surface area contributed by atoms with Crippen LogP contribution < -0.4 is 0 Å². The molecule has 142 valence electrons. The second kappa shape index (κ2) is 9.03. The van der Waals surface area contributed by atoms with Gasteiger partial charge in [0.15, 0.2) is 0 Å². The first-order valence-electron chi connectivity index (χ1n) is 9.54. The Morgan fingerprint density at radius 1 is 0.345 bits per heavy atom. The van der Waals surface area contributed by atoms with Crippen molar-refractivity contribution in [2.45, 2.75) is 0 Å². The van der Waals surface area contributed by atoms with Gasteiger partial charge in [0, 0.05) is 0 Å². The fourth-order valence-electron chi connectivity index (χ4n) is 3.32. The zero-order valence-electron chi connectivity index (χ0n) is 15.8. The Hall–Kier alpha value is -1.62. The molecule has 0 nitrogen and oxygen atoms in total. The Morgan fingerprint density at radius 2 is 0.621 bits per heavy atom. The molecule has 0 aliphatic rings. The van der Waals surface area contributed by atoms with Crippen LogP contribution in [0.4, 0.5) is 0 Å². The fraction of sp³-hybridized carbons (Fsp3) is 0. The van der Waals surface area contributed by atoms with E-state index in [1.54, 1.807) is 28.8 Å². The van der Waals surface area contributed by atoms with Crippen LogP contribution in [0.25, 0.3) is 21.2 Å². The van der Waals surface area contributed by atoms with Crippen molar-refractivity contribution in [1.29, 1.82) is 0 Å². The molecule has 0 aliphatic carbocycles. The summed E-state index contributed by atoms with van der Waals surface area (Å²) in [5.41, 5.74) is 0. The van der Waals surface area contributed by atoms with Crippen molar-refractivity contribution in [3.05, 3.63) is 121 Å². The molecule has 0 N–H and O–H groups in total. The molecule has 0 bridgehead atoms. The summed E-state index contributed by atoms with van der Waals surface area (Å²) in [6, 6.07) is 45.5. The quantitative estimate of drug-likeness (QED) is 0.249. The van der Waals surface area contributed by atoms with Crippen LogP contribution in [0.1, 0.15) is 0 Å². The normalized spacial score (nSPS) is 13.5. The highest BCUT2D eigenvalue weighted by molar-refractivity contribution is 8.74. The van der Waals surface area contributed by atoms with Crippen LogP contribution in [0.3, 0.4) is 0 Å². The molecule has 4 atom stereocenters. The van der Waals surface area contributed by atoms with E-state index in [-0.39, 0.29) is 27.6 Å². The molecule has 1 aromatic heterocycles. The lowest BCUT2D eigenvalue weighted by atomic mass is 10.4. The number of hydrogen-bond donors (Lipinski definition) is 0. The number of benzene rings is 4. The third kappa shape index (κ3) is 4.03. The minimum atomic E-state index is -0.236. The minimum Gasteiger partial charge on any atom is -0.193 e. The van der Waals surface area contributed by atoms with Crippen molar-refractivity contribution < 1.29 is 0 Å². The molecule has 0 spiro atoms. The van der Waals surface area contributed by atoms with E-state index in [1.807, 2.05) is 0 Å². The Balaban J connectivity index is 1.89. The van der Waals surface area contributed by atoms with Crippen molar-refractivity contribution >= 4 is 35.1 Å². The lowest BCUT2D eigenvalue weighted by molar-refractivity contribution is 1.76. The molecule has 0 saturated heterocycles. The smallest absolute Gasteiger partial charge is 0.0176 e. The maximum Gasteiger partial charge on any atom is -0.0176 e. The molecule has 0 radical (unpaired) electrons. The lowest BCUT2D eigenvalue weighted by Gasteiger charge is -2.22. The van der Waals surface area contributed by atoms with Gasteiger partial charge in [0.2, 0.25) is 0 Å². The zero-order chi connectivity index (χ0) is 19.5. The molecule has 5 aromatic rings. The predicted molar refractivity (Wildman–Crippen MR) is 138 cm³/mol. The van der Waals surface area contributed by atoms with Gasteiger partial charge in [-0.25, -0.2) is 0 Å². The lowest BCUT2D eigenvalue weighted by Crippen LogP contribution is -1.66. The highest BCUT2D eigenvalue weighted by Crippen LogP contribution is 2.91. The summed E-state index contributed by atoms with van der Waals surface area (Å²) in [6.07, 6.45) is 0. The van der Waals surface area contributed by atoms with Crippen LogP contribution in [0.5, 0.6) is 0 Å². The van der Waals surface area contributed by atoms with Crippen LogP contribution in [0.15, 0.2) is 121 Å². The minimum absolute atomic E-state index is 0.211. The predicted octanol–water partition coefficient (Wildman–Crippen LogP) is 11.0. The van der Waals surface area contributed by atoms with Gasteiger partial charge in [-0.3, -0.25) is 0 Å². The SMILES string of the molecule is c1ccc(-p2[p-]p(-c3ccccc3)p(-c3ccccc3)p2-c2ccccc2)cc1. The van der Waals surface area contributed by atoms with Crippen LogP contribution >= 0.6 is 35.1 Å². The molecule has 0 fully saturated rings. The van der Waals surface area contributed by atoms with Gasteiger partial charge in [-0.1, -0.05) is 132 Å². The highest BCUT2D eigenvalue weighted by atomic mass is 32.6. The maximum atomic E-state index is 2.39. The second-order valence-electron chi connectivity index (χ2n) is 6.59. The number of hydrogen-bond acceptors (Lipinski definition) is 0. The van der Waals surface area contributed by atoms with Crippen LogP contribution in [0.2, 0.25) is 0 Å². The molecule has 5 heteroatoms. The summed E-state index contributed by atoms with van der Waals surface area (Å²) < 4.78 is 0. The molecule has 4 aromatic carbocycles. The van der Waals surface area contributed by atoms with E-state index >= 15 is 0 Å². The third-order valence-electron chi connectivity index (χ3n) is 4.66. The van der Waals surface area contributed by atoms with Gasteiger partial charge in [-0.2, -0.15) is 35.1 Å². The average molecular weight is 463 g/mol. The molecular formula is C24H20P5-. The first kappa shape index (κ1) is 19.3. The molecule has 0 aliphatic heterocycles. The largest absolute Gasteiger partial charge is 0.193 e. The van der Waals surface area contributed by atoms with E-state index in [2.05, 4.69) is 121 Å². The Kier molecular flexibility index (Phi) is 6.03. The molecule has 1 heterocycles. The van der Waals surface area contributed by atoms with Crippen molar-refractivity contribution in [2.24, 2.45) is 0 Å². The van der Waals surface area contributed by atoms with Gasteiger partial charge >= 0.3 is 0 Å². The van der Waals surface area contributed by atoms with Crippen LogP contribution in [-0.2, 0) is 0 Å². The van der Waals surface area contributed by atoms with E-state index in [0.29, 0.717) is 0 Å². The summed E-state index contributed by atoms with van der Waals surface area (Å²) in [7, 11) is 1.68. The molecule has 0 saturated carbocycles. The Bertz CT molecular complexity index is 1120. The van der Waals surface area contributed by atoms with Crippen LogP contribution in [-0.4, -0.2) is 0 Å². The first-order chi connectivity index (χ1) is 14.4. The van der Waals surface area contributed by atoms with Crippen molar-refractivity contribution in [1.82, 2.24) is 0 Å². The zero-order valence-corrected chi connectivity index (χ0v) is 20.3. The summed E-state index contributed by atoms with van der Waals surface area (Å²) >= 11 is 0. The summed E-state index contributed by atoms with van der Waals surface area (Å²) in [5, 5.41) is 6.31. The van der Waals surface area contributed by atoms with Gasteiger partial charge in [0.1, 0.15) is 0 Å². The molecule has 29 heavy (non-hydrogen) atoms. The van der Waals surface area contributed by atoms with Crippen molar-refractivity contribution in [3.63, 3.8) is 0 Å². The van der Waals surface area contributed by atoms with E-state index < -0.39 is 0 Å². The highest BCUT2D eigenvalue weighted by Gasteiger charge is 2.10. The van der Waals surface area contributed by atoms with E-state index in [1.165, 1.54) is 0 Å². The molecule has 0 amide bonds. The number of rotatable bonds is 4. The summed E-state index contributed by atoms with van der Waals surface area (Å²) in [6.45, 7) is -0.895. The second-order valence-corrected chi connectivity index (χ2v) is 26.7. The van der Waals surface area contributed by atoms with E-state index in [0.717, 1.165) is 0 Å². The van der Waals surface area contributed by atoms with Crippen molar-refractivity contribution in [2.75, 3.05) is 0 Å². The van der Waals surface area contributed by atoms with E-state index in [4.69, 9.17) is 0 Å². The van der Waals surface area contributed by atoms with E-state index in [9.17, 15) is 0 Å². The first-order valence-corrected chi connectivity index (χ1v) is 19.3. The summed E-state index contributed by atoms with van der Waals surface area (Å²) in [5.74, 6) is 0.